The number of piperidine rings is 1. The van der Waals surface area contributed by atoms with Crippen LogP contribution in [0.3, 0.4) is 0 Å². The van der Waals surface area contributed by atoms with Crippen molar-refractivity contribution in [3.63, 3.8) is 0 Å². The van der Waals surface area contributed by atoms with Crippen molar-refractivity contribution in [3.05, 3.63) is 36.7 Å². The van der Waals surface area contributed by atoms with Crippen LogP contribution in [0, 0.1) is 0 Å². The number of oxazole rings is 1. The Bertz CT molecular complexity index is 1080. The van der Waals surface area contributed by atoms with E-state index in [9.17, 15) is 5.11 Å². The summed E-state index contributed by atoms with van der Waals surface area (Å²) in [6.07, 6.45) is 3.02. The van der Waals surface area contributed by atoms with Crippen LogP contribution >= 0.6 is 0 Å². The van der Waals surface area contributed by atoms with Crippen molar-refractivity contribution in [1.29, 1.82) is 0 Å². The van der Waals surface area contributed by atoms with E-state index in [2.05, 4.69) is 9.88 Å². The first kappa shape index (κ1) is 15.3. The highest BCUT2D eigenvalue weighted by Gasteiger charge is 2.25. The molecule has 0 radical (unpaired) electrons. The molecular formula is C19H19N5O2. The molecule has 26 heavy (non-hydrogen) atoms. The number of rotatable bonds is 2. The number of aryl methyl sites for hydroxylation is 1. The van der Waals surface area contributed by atoms with E-state index in [4.69, 9.17) is 14.4 Å². The molecule has 0 atom stereocenters. The van der Waals surface area contributed by atoms with Crippen molar-refractivity contribution >= 4 is 28.1 Å². The minimum atomic E-state index is -0.232. The summed E-state index contributed by atoms with van der Waals surface area (Å²) in [6.45, 7) is 1.51. The summed E-state index contributed by atoms with van der Waals surface area (Å²) in [5.41, 5.74) is 3.90. The number of hydrogen-bond donors (Lipinski definition) is 1. The molecule has 7 nitrogen and oxygen atoms in total. The van der Waals surface area contributed by atoms with Gasteiger partial charge in [-0.15, -0.1) is 0 Å². The molecule has 1 N–H and O–H groups in total. The van der Waals surface area contributed by atoms with Crippen LogP contribution < -0.4 is 4.90 Å². The Hall–Kier alpha value is -2.93. The van der Waals surface area contributed by atoms with E-state index in [0.717, 1.165) is 53.9 Å². The van der Waals surface area contributed by atoms with E-state index in [-0.39, 0.29) is 6.10 Å². The maximum absolute atomic E-state index is 9.80. The van der Waals surface area contributed by atoms with Gasteiger partial charge in [-0.25, -0.2) is 9.97 Å². The predicted molar refractivity (Wildman–Crippen MR) is 99.0 cm³/mol. The minimum Gasteiger partial charge on any atom is -0.418 e. The highest BCUT2D eigenvalue weighted by Crippen LogP contribution is 2.33. The quantitative estimate of drug-likeness (QED) is 0.599. The molecule has 7 heteroatoms. The Labute approximate surface area is 149 Å². The number of imidazole rings is 1. The molecular weight excluding hydrogens is 330 g/mol. The molecule has 0 unspecified atom stereocenters. The number of aliphatic hydroxyl groups is 1. The normalized spacial score (nSPS) is 16.0. The third-order valence-corrected chi connectivity index (χ3v) is 4.97. The van der Waals surface area contributed by atoms with E-state index < -0.39 is 0 Å². The summed E-state index contributed by atoms with van der Waals surface area (Å²) in [4.78, 5) is 16.2. The van der Waals surface area contributed by atoms with E-state index >= 15 is 0 Å². The maximum atomic E-state index is 9.80. The van der Waals surface area contributed by atoms with Gasteiger partial charge in [0.1, 0.15) is 11.0 Å². The van der Waals surface area contributed by atoms with E-state index in [1.807, 2.05) is 41.9 Å². The SMILES string of the molecule is Cn1cnc2c(N3CCC(O)CC3)nc3oc(-c4ccccc4)nc3c21. The van der Waals surface area contributed by atoms with Gasteiger partial charge in [-0.2, -0.15) is 4.98 Å². The second-order valence-electron chi connectivity index (χ2n) is 6.75. The van der Waals surface area contributed by atoms with Gasteiger partial charge in [0.25, 0.3) is 5.71 Å². The number of pyridine rings is 1. The second-order valence-corrected chi connectivity index (χ2v) is 6.75. The number of benzene rings is 1. The molecule has 1 saturated heterocycles. The Morgan fingerprint density at radius 2 is 1.85 bits per heavy atom. The van der Waals surface area contributed by atoms with E-state index in [1.54, 1.807) is 6.33 Å². The Balaban J connectivity index is 1.71. The number of fused-ring (bicyclic) bond motifs is 3. The van der Waals surface area contributed by atoms with E-state index in [0.29, 0.717) is 11.6 Å². The lowest BCUT2D eigenvalue weighted by Gasteiger charge is -2.30. The Morgan fingerprint density at radius 1 is 1.08 bits per heavy atom. The number of aliphatic hydroxyl groups excluding tert-OH is 1. The van der Waals surface area contributed by atoms with Crippen molar-refractivity contribution < 1.29 is 9.52 Å². The fraction of sp³-hybridized carbons (Fsp3) is 0.316. The summed E-state index contributed by atoms with van der Waals surface area (Å²) >= 11 is 0. The van der Waals surface area contributed by atoms with Crippen molar-refractivity contribution in [3.8, 4) is 11.5 Å². The summed E-state index contributed by atoms with van der Waals surface area (Å²) in [5.74, 6) is 1.36. The smallest absolute Gasteiger partial charge is 0.251 e. The number of hydrogen-bond acceptors (Lipinski definition) is 6. The molecule has 1 aromatic carbocycles. The fourth-order valence-corrected chi connectivity index (χ4v) is 3.57. The summed E-state index contributed by atoms with van der Waals surface area (Å²) in [7, 11) is 1.95. The lowest BCUT2D eigenvalue weighted by molar-refractivity contribution is 0.145. The van der Waals surface area contributed by atoms with Gasteiger partial charge in [-0.1, -0.05) is 18.2 Å². The first-order chi connectivity index (χ1) is 12.7. The van der Waals surface area contributed by atoms with Gasteiger partial charge in [0.15, 0.2) is 11.3 Å². The highest BCUT2D eigenvalue weighted by atomic mass is 16.4. The molecule has 0 saturated carbocycles. The van der Waals surface area contributed by atoms with Crippen molar-refractivity contribution in [2.24, 2.45) is 7.05 Å². The monoisotopic (exact) mass is 349 g/mol. The largest absolute Gasteiger partial charge is 0.418 e. The zero-order valence-electron chi connectivity index (χ0n) is 14.5. The molecule has 1 aliphatic rings. The van der Waals surface area contributed by atoms with Gasteiger partial charge in [0, 0.05) is 25.7 Å². The van der Waals surface area contributed by atoms with Crippen LogP contribution in [0.25, 0.3) is 33.7 Å². The van der Waals surface area contributed by atoms with Crippen LogP contribution in [0.15, 0.2) is 41.1 Å². The summed E-state index contributed by atoms with van der Waals surface area (Å²) in [6, 6.07) is 9.83. The van der Waals surface area contributed by atoms with Crippen LogP contribution in [-0.4, -0.2) is 43.8 Å². The third-order valence-electron chi connectivity index (χ3n) is 4.97. The standard InChI is InChI=1S/C19H19N5O2/c1-23-11-20-14-16(23)15-19(22-17(14)24-9-7-13(25)8-10-24)26-18(21-15)12-5-3-2-4-6-12/h2-6,11,13,25H,7-10H2,1H3. The van der Waals surface area contributed by atoms with Crippen molar-refractivity contribution in [2.75, 3.05) is 18.0 Å². The summed E-state index contributed by atoms with van der Waals surface area (Å²) in [5, 5.41) is 9.80. The van der Waals surface area contributed by atoms with Crippen LogP contribution in [0.1, 0.15) is 12.8 Å². The second kappa shape index (κ2) is 5.81. The molecule has 5 rings (SSSR count). The average Bonchev–Trinajstić information content (AvgIpc) is 3.26. The van der Waals surface area contributed by atoms with Crippen LogP contribution in [-0.2, 0) is 7.05 Å². The van der Waals surface area contributed by atoms with Gasteiger partial charge in [0.05, 0.1) is 12.4 Å². The number of anilines is 1. The molecule has 4 aromatic rings. The molecule has 4 heterocycles. The van der Waals surface area contributed by atoms with Gasteiger partial charge in [0.2, 0.25) is 5.89 Å². The van der Waals surface area contributed by atoms with Crippen LogP contribution in [0.5, 0.6) is 0 Å². The number of nitrogens with zero attached hydrogens (tertiary/aromatic N) is 5. The first-order valence-corrected chi connectivity index (χ1v) is 8.80. The van der Waals surface area contributed by atoms with Gasteiger partial charge >= 0.3 is 0 Å². The molecule has 1 fully saturated rings. The van der Waals surface area contributed by atoms with Gasteiger partial charge in [-0.3, -0.25) is 0 Å². The zero-order valence-corrected chi connectivity index (χ0v) is 14.5. The molecule has 1 aliphatic heterocycles. The highest BCUT2D eigenvalue weighted by molar-refractivity contribution is 6.03. The molecule has 0 aliphatic carbocycles. The third kappa shape index (κ3) is 2.35. The first-order valence-electron chi connectivity index (χ1n) is 8.80. The van der Waals surface area contributed by atoms with E-state index in [1.165, 1.54) is 0 Å². The van der Waals surface area contributed by atoms with Gasteiger partial charge < -0.3 is 19.0 Å². The molecule has 0 spiro atoms. The average molecular weight is 349 g/mol. The topological polar surface area (TPSA) is 80.2 Å². The van der Waals surface area contributed by atoms with Gasteiger partial charge in [-0.05, 0) is 25.0 Å². The summed E-state index contributed by atoms with van der Waals surface area (Å²) < 4.78 is 7.96. The molecule has 132 valence electrons. The molecule has 0 amide bonds. The van der Waals surface area contributed by atoms with Crippen LogP contribution in [0.2, 0.25) is 0 Å². The Kier molecular flexibility index (Phi) is 3.43. The zero-order chi connectivity index (χ0) is 17.7. The maximum Gasteiger partial charge on any atom is 0.251 e. The lowest BCUT2D eigenvalue weighted by Crippen LogP contribution is -2.36. The lowest BCUT2D eigenvalue weighted by atomic mass is 10.1. The molecule has 0 bridgehead atoms. The van der Waals surface area contributed by atoms with Crippen LogP contribution in [0.4, 0.5) is 5.82 Å². The van der Waals surface area contributed by atoms with Crippen molar-refractivity contribution in [1.82, 2.24) is 19.5 Å². The minimum absolute atomic E-state index is 0.232. The fourth-order valence-electron chi connectivity index (χ4n) is 3.57. The van der Waals surface area contributed by atoms with Crippen molar-refractivity contribution in [2.45, 2.75) is 18.9 Å². The predicted octanol–water partition coefficient (Wildman–Crippen LogP) is 2.74. The molecule has 3 aromatic heterocycles. The number of aromatic nitrogens is 4. The Morgan fingerprint density at radius 3 is 2.62 bits per heavy atom.